The van der Waals surface area contributed by atoms with Gasteiger partial charge in [0.1, 0.15) is 0 Å². The van der Waals surface area contributed by atoms with Gasteiger partial charge in [0.25, 0.3) is 4.84 Å². The van der Waals surface area contributed by atoms with Crippen LogP contribution in [-0.4, -0.2) is 10.2 Å². The summed E-state index contributed by atoms with van der Waals surface area (Å²) in [6.07, 6.45) is 0. The van der Waals surface area contributed by atoms with E-state index in [9.17, 15) is 13.2 Å². The summed E-state index contributed by atoms with van der Waals surface area (Å²) in [7, 11) is 0. The maximum atomic E-state index is 13.2. The van der Waals surface area contributed by atoms with Gasteiger partial charge in [0.2, 0.25) is 5.89 Å². The third-order valence-electron chi connectivity index (χ3n) is 1.70. The Labute approximate surface area is 86.5 Å². The van der Waals surface area contributed by atoms with Crippen molar-refractivity contribution in [1.29, 1.82) is 0 Å². The summed E-state index contributed by atoms with van der Waals surface area (Å²) in [6, 6.07) is 1.79. The van der Waals surface area contributed by atoms with E-state index in [1.54, 1.807) is 0 Å². The van der Waals surface area contributed by atoms with Crippen LogP contribution in [0.25, 0.3) is 11.5 Å². The van der Waals surface area contributed by atoms with Crippen molar-refractivity contribution < 1.29 is 17.6 Å². The lowest BCUT2D eigenvalue weighted by Crippen LogP contribution is -1.93. The zero-order valence-electron chi connectivity index (χ0n) is 7.05. The van der Waals surface area contributed by atoms with Crippen molar-refractivity contribution >= 4 is 12.2 Å². The lowest BCUT2D eigenvalue weighted by atomic mass is 10.2. The molecule has 0 aliphatic carbocycles. The Kier molecular flexibility index (Phi) is 2.31. The van der Waals surface area contributed by atoms with Gasteiger partial charge in [-0.15, -0.1) is 5.10 Å². The summed E-state index contributed by atoms with van der Waals surface area (Å²) < 4.78 is 43.4. The molecule has 0 saturated heterocycles. The van der Waals surface area contributed by atoms with Crippen LogP contribution >= 0.6 is 12.2 Å². The number of nitrogens with one attached hydrogen (secondary N) is 1. The third kappa shape index (κ3) is 1.65. The number of H-pyrrole nitrogens is 1. The topological polar surface area (TPSA) is 41.8 Å². The molecule has 0 atom stereocenters. The van der Waals surface area contributed by atoms with Crippen molar-refractivity contribution in [2.45, 2.75) is 0 Å². The van der Waals surface area contributed by atoms with Crippen molar-refractivity contribution in [3.8, 4) is 11.5 Å². The highest BCUT2D eigenvalue weighted by Crippen LogP contribution is 2.23. The molecular weight excluding hydrogens is 229 g/mol. The maximum absolute atomic E-state index is 13.2. The first-order valence-corrected chi connectivity index (χ1v) is 4.20. The minimum Gasteiger partial charge on any atom is -0.409 e. The summed E-state index contributed by atoms with van der Waals surface area (Å²) in [6.45, 7) is 0. The molecule has 2 aromatic rings. The van der Waals surface area contributed by atoms with E-state index in [1.165, 1.54) is 0 Å². The molecule has 0 aliphatic heterocycles. The molecule has 0 spiro atoms. The van der Waals surface area contributed by atoms with E-state index in [1.807, 2.05) is 0 Å². The standard InChI is InChI=1S/C8H3F3N2OS/c9-4-2-1-3(5(10)6(4)11)7-12-13-8(15)14-7/h1-2H,(H,13,15). The summed E-state index contributed by atoms with van der Waals surface area (Å²) >= 11 is 4.56. The van der Waals surface area contributed by atoms with E-state index < -0.39 is 17.5 Å². The lowest BCUT2D eigenvalue weighted by Gasteiger charge is -1.99. The Hall–Kier alpha value is -1.63. The van der Waals surface area contributed by atoms with Gasteiger partial charge in [-0.05, 0) is 24.4 Å². The van der Waals surface area contributed by atoms with Crippen LogP contribution in [0.4, 0.5) is 13.2 Å². The molecule has 0 radical (unpaired) electrons. The van der Waals surface area contributed by atoms with Crippen LogP contribution in [0.15, 0.2) is 16.5 Å². The molecule has 0 fully saturated rings. The number of aromatic nitrogens is 2. The number of aromatic amines is 1. The first-order valence-electron chi connectivity index (χ1n) is 3.79. The van der Waals surface area contributed by atoms with Crippen LogP contribution < -0.4 is 0 Å². The third-order valence-corrected chi connectivity index (χ3v) is 1.88. The van der Waals surface area contributed by atoms with Gasteiger partial charge < -0.3 is 4.42 Å². The van der Waals surface area contributed by atoms with E-state index in [4.69, 9.17) is 4.42 Å². The molecule has 1 aromatic carbocycles. The number of benzene rings is 1. The molecule has 0 saturated carbocycles. The Morgan fingerprint density at radius 2 is 1.93 bits per heavy atom. The summed E-state index contributed by atoms with van der Waals surface area (Å²) in [5.41, 5.74) is -0.291. The molecule has 1 heterocycles. The Morgan fingerprint density at radius 1 is 1.20 bits per heavy atom. The van der Waals surface area contributed by atoms with E-state index in [2.05, 4.69) is 22.4 Å². The quantitative estimate of drug-likeness (QED) is 0.607. The smallest absolute Gasteiger partial charge is 0.284 e. The second-order valence-corrected chi connectivity index (χ2v) is 3.01. The van der Waals surface area contributed by atoms with Gasteiger partial charge in [0.15, 0.2) is 17.5 Å². The molecule has 15 heavy (non-hydrogen) atoms. The monoisotopic (exact) mass is 232 g/mol. The van der Waals surface area contributed by atoms with E-state index in [0.29, 0.717) is 0 Å². The zero-order valence-corrected chi connectivity index (χ0v) is 7.87. The maximum Gasteiger partial charge on any atom is 0.284 e. The summed E-state index contributed by atoms with van der Waals surface area (Å²) in [5.74, 6) is -4.43. The lowest BCUT2D eigenvalue weighted by molar-refractivity contribution is 0.445. The second kappa shape index (κ2) is 3.50. The minimum absolute atomic E-state index is 0.0749. The van der Waals surface area contributed by atoms with Crippen LogP contribution in [-0.2, 0) is 0 Å². The van der Waals surface area contributed by atoms with Crippen molar-refractivity contribution in [2.24, 2.45) is 0 Å². The first kappa shape index (κ1) is 9.91. The molecule has 0 unspecified atom stereocenters. The number of halogens is 3. The highest BCUT2D eigenvalue weighted by molar-refractivity contribution is 7.71. The molecule has 0 aliphatic rings. The molecule has 0 amide bonds. The summed E-state index contributed by atoms with van der Waals surface area (Å²) in [4.78, 5) is -0.0749. The van der Waals surface area contributed by atoms with Gasteiger partial charge in [-0.1, -0.05) is 0 Å². The van der Waals surface area contributed by atoms with Crippen molar-refractivity contribution in [3.05, 3.63) is 34.4 Å². The van der Waals surface area contributed by atoms with Crippen molar-refractivity contribution in [1.82, 2.24) is 10.2 Å². The molecule has 2 rings (SSSR count). The number of hydrogen-bond acceptors (Lipinski definition) is 3. The van der Waals surface area contributed by atoms with Gasteiger partial charge in [-0.3, -0.25) is 0 Å². The highest BCUT2D eigenvalue weighted by atomic mass is 32.1. The van der Waals surface area contributed by atoms with E-state index >= 15 is 0 Å². The minimum atomic E-state index is -1.57. The van der Waals surface area contributed by atoms with Gasteiger partial charge in [0, 0.05) is 0 Å². The van der Waals surface area contributed by atoms with Gasteiger partial charge in [-0.2, -0.15) is 0 Å². The molecule has 78 valence electrons. The Balaban J connectivity index is 2.64. The average molecular weight is 232 g/mol. The van der Waals surface area contributed by atoms with Crippen LogP contribution in [0, 0.1) is 22.3 Å². The molecule has 0 bridgehead atoms. The van der Waals surface area contributed by atoms with Gasteiger partial charge in [-0.25, -0.2) is 18.3 Å². The SMILES string of the molecule is Fc1ccc(-c2n[nH]c(=S)o2)c(F)c1F. The van der Waals surface area contributed by atoms with Gasteiger partial charge >= 0.3 is 0 Å². The van der Waals surface area contributed by atoms with Crippen LogP contribution in [0.1, 0.15) is 0 Å². The molecular formula is C8H3F3N2OS. The average Bonchev–Trinajstić information content (AvgIpc) is 2.61. The molecule has 7 heteroatoms. The van der Waals surface area contributed by atoms with Crippen LogP contribution in [0.2, 0.25) is 0 Å². The number of nitrogens with zero attached hydrogens (tertiary/aromatic N) is 1. The fourth-order valence-corrected chi connectivity index (χ4v) is 1.16. The normalized spacial score (nSPS) is 10.6. The highest BCUT2D eigenvalue weighted by Gasteiger charge is 2.17. The van der Waals surface area contributed by atoms with E-state index in [0.717, 1.165) is 12.1 Å². The molecule has 1 N–H and O–H groups in total. The fraction of sp³-hybridized carbons (Fsp3) is 0. The number of rotatable bonds is 1. The molecule has 1 aromatic heterocycles. The largest absolute Gasteiger partial charge is 0.409 e. The van der Waals surface area contributed by atoms with Crippen LogP contribution in [0.3, 0.4) is 0 Å². The first-order chi connectivity index (χ1) is 7.09. The van der Waals surface area contributed by atoms with Crippen LogP contribution in [0.5, 0.6) is 0 Å². The van der Waals surface area contributed by atoms with Crippen molar-refractivity contribution in [2.75, 3.05) is 0 Å². The Morgan fingerprint density at radius 3 is 2.53 bits per heavy atom. The molecule has 3 nitrogen and oxygen atoms in total. The van der Waals surface area contributed by atoms with Gasteiger partial charge in [0.05, 0.1) is 5.56 Å². The fourth-order valence-electron chi connectivity index (χ4n) is 1.04. The van der Waals surface area contributed by atoms with Crippen molar-refractivity contribution in [3.63, 3.8) is 0 Å². The predicted molar refractivity (Wildman–Crippen MR) is 47.0 cm³/mol. The second-order valence-electron chi connectivity index (χ2n) is 2.64. The zero-order chi connectivity index (χ0) is 11.0. The summed E-state index contributed by atoms with van der Waals surface area (Å²) in [5, 5.41) is 5.74. The Bertz CT molecular complexity index is 563. The predicted octanol–water partition coefficient (Wildman–Crippen LogP) is 2.82. The van der Waals surface area contributed by atoms with E-state index in [-0.39, 0.29) is 16.3 Å². The number of hydrogen-bond donors (Lipinski definition) is 1.